The van der Waals surface area contributed by atoms with Crippen LogP contribution < -0.4 is 20.1 Å². The summed E-state index contributed by atoms with van der Waals surface area (Å²) in [5.41, 5.74) is -1.20. The van der Waals surface area contributed by atoms with Crippen LogP contribution in [-0.4, -0.2) is 31.6 Å². The Hall–Kier alpha value is -2.24. The number of benzene rings is 1. The molecule has 23 heavy (non-hydrogen) atoms. The van der Waals surface area contributed by atoms with Crippen molar-refractivity contribution in [3.63, 3.8) is 0 Å². The molecule has 0 aromatic heterocycles. The maximum atomic E-state index is 12.6. The fourth-order valence-corrected chi connectivity index (χ4v) is 1.79. The summed E-state index contributed by atoms with van der Waals surface area (Å²) in [6.45, 7) is 8.75. The zero-order valence-electron chi connectivity index (χ0n) is 14.9. The summed E-state index contributed by atoms with van der Waals surface area (Å²) >= 11 is 0. The summed E-state index contributed by atoms with van der Waals surface area (Å²) < 4.78 is 10.4. The van der Waals surface area contributed by atoms with Gasteiger partial charge in [-0.15, -0.1) is 0 Å². The standard InChI is InChI=1S/C17H26N2O4/c1-16(2,3)19-15(21)17(4,5)14(20)18-12-10-11(22-6)8-9-13(12)23-7/h8-10H,1-7H3,(H,18,20)(H,19,21). The number of carbonyl (C=O) groups is 2. The minimum Gasteiger partial charge on any atom is -0.497 e. The van der Waals surface area contributed by atoms with E-state index in [1.807, 2.05) is 20.8 Å². The molecule has 6 heteroatoms. The highest BCUT2D eigenvalue weighted by molar-refractivity contribution is 6.10. The molecule has 0 radical (unpaired) electrons. The number of hydrogen-bond acceptors (Lipinski definition) is 4. The van der Waals surface area contributed by atoms with Gasteiger partial charge in [-0.2, -0.15) is 0 Å². The predicted octanol–water partition coefficient (Wildman–Crippen LogP) is 2.58. The largest absolute Gasteiger partial charge is 0.497 e. The molecule has 0 heterocycles. The van der Waals surface area contributed by atoms with E-state index in [4.69, 9.17) is 9.47 Å². The van der Waals surface area contributed by atoms with Gasteiger partial charge in [0.2, 0.25) is 11.8 Å². The quantitative estimate of drug-likeness (QED) is 0.817. The molecule has 0 atom stereocenters. The Labute approximate surface area is 137 Å². The third-order valence-corrected chi connectivity index (χ3v) is 3.28. The molecule has 128 valence electrons. The normalized spacial score (nSPS) is 11.6. The van der Waals surface area contributed by atoms with Gasteiger partial charge >= 0.3 is 0 Å². The smallest absolute Gasteiger partial charge is 0.239 e. The number of ether oxygens (including phenoxy) is 2. The number of hydrogen-bond donors (Lipinski definition) is 2. The van der Waals surface area contributed by atoms with Crippen LogP contribution in [0.25, 0.3) is 0 Å². The maximum Gasteiger partial charge on any atom is 0.239 e. The number of nitrogens with one attached hydrogen (secondary N) is 2. The molecule has 0 saturated heterocycles. The van der Waals surface area contributed by atoms with Crippen molar-refractivity contribution in [2.45, 2.75) is 40.2 Å². The second-order valence-corrected chi connectivity index (χ2v) is 6.85. The molecular formula is C17H26N2O4. The first-order chi connectivity index (χ1) is 10.5. The fourth-order valence-electron chi connectivity index (χ4n) is 1.79. The molecule has 0 unspecified atom stereocenters. The van der Waals surface area contributed by atoms with E-state index in [0.29, 0.717) is 17.2 Å². The van der Waals surface area contributed by atoms with Gasteiger partial charge in [-0.1, -0.05) is 0 Å². The highest BCUT2D eigenvalue weighted by atomic mass is 16.5. The topological polar surface area (TPSA) is 76.7 Å². The van der Waals surface area contributed by atoms with Gasteiger partial charge in [-0.05, 0) is 46.8 Å². The number of anilines is 1. The lowest BCUT2D eigenvalue weighted by Crippen LogP contribution is -2.51. The van der Waals surface area contributed by atoms with Gasteiger partial charge in [0.05, 0.1) is 19.9 Å². The molecule has 1 aromatic rings. The Morgan fingerprint density at radius 1 is 0.957 bits per heavy atom. The maximum absolute atomic E-state index is 12.6. The van der Waals surface area contributed by atoms with Gasteiger partial charge in [0.1, 0.15) is 16.9 Å². The van der Waals surface area contributed by atoms with Crippen LogP contribution in [0.5, 0.6) is 11.5 Å². The molecule has 6 nitrogen and oxygen atoms in total. The van der Waals surface area contributed by atoms with Crippen molar-refractivity contribution in [1.29, 1.82) is 0 Å². The summed E-state index contributed by atoms with van der Waals surface area (Å²) in [5.74, 6) is 0.305. The van der Waals surface area contributed by atoms with Crippen molar-refractivity contribution in [2.24, 2.45) is 5.41 Å². The molecule has 0 aliphatic carbocycles. The third-order valence-electron chi connectivity index (χ3n) is 3.28. The minimum absolute atomic E-state index is 0.343. The third kappa shape index (κ3) is 4.87. The van der Waals surface area contributed by atoms with E-state index in [1.54, 1.807) is 32.0 Å². The molecule has 0 saturated carbocycles. The van der Waals surface area contributed by atoms with E-state index in [0.717, 1.165) is 0 Å². The van der Waals surface area contributed by atoms with Gasteiger partial charge in [0, 0.05) is 11.6 Å². The van der Waals surface area contributed by atoms with Crippen molar-refractivity contribution >= 4 is 17.5 Å². The first-order valence-corrected chi connectivity index (χ1v) is 7.37. The minimum atomic E-state index is -1.23. The van der Waals surface area contributed by atoms with E-state index in [-0.39, 0.29) is 5.91 Å². The summed E-state index contributed by atoms with van der Waals surface area (Å²) in [4.78, 5) is 24.9. The summed E-state index contributed by atoms with van der Waals surface area (Å²) in [6.07, 6.45) is 0. The molecule has 0 fully saturated rings. The summed E-state index contributed by atoms with van der Waals surface area (Å²) in [7, 11) is 3.04. The van der Waals surface area contributed by atoms with Crippen molar-refractivity contribution in [1.82, 2.24) is 5.32 Å². The second-order valence-electron chi connectivity index (χ2n) is 6.85. The van der Waals surface area contributed by atoms with Crippen molar-refractivity contribution < 1.29 is 19.1 Å². The van der Waals surface area contributed by atoms with E-state index in [2.05, 4.69) is 10.6 Å². The first kappa shape index (κ1) is 18.8. The Balaban J connectivity index is 3.00. The van der Waals surface area contributed by atoms with Gasteiger partial charge in [-0.25, -0.2) is 0 Å². The molecule has 2 N–H and O–H groups in total. The lowest BCUT2D eigenvalue weighted by molar-refractivity contribution is -0.139. The van der Waals surface area contributed by atoms with Gasteiger partial charge in [-0.3, -0.25) is 9.59 Å². The molecule has 0 bridgehead atoms. The fraction of sp³-hybridized carbons (Fsp3) is 0.529. The van der Waals surface area contributed by atoms with Crippen LogP contribution >= 0.6 is 0 Å². The molecule has 0 spiro atoms. The van der Waals surface area contributed by atoms with E-state index in [1.165, 1.54) is 14.2 Å². The molecule has 1 rings (SSSR count). The van der Waals surface area contributed by atoms with Gasteiger partial charge < -0.3 is 20.1 Å². The molecule has 0 aliphatic heterocycles. The Morgan fingerprint density at radius 3 is 2.04 bits per heavy atom. The van der Waals surface area contributed by atoms with E-state index < -0.39 is 16.9 Å². The molecule has 2 amide bonds. The zero-order valence-corrected chi connectivity index (χ0v) is 14.9. The van der Waals surface area contributed by atoms with Gasteiger partial charge in [0.15, 0.2) is 0 Å². The average Bonchev–Trinajstić information content (AvgIpc) is 2.45. The van der Waals surface area contributed by atoms with Crippen molar-refractivity contribution in [3.05, 3.63) is 18.2 Å². The Morgan fingerprint density at radius 2 is 1.57 bits per heavy atom. The van der Waals surface area contributed by atoms with Crippen LogP contribution in [0.1, 0.15) is 34.6 Å². The van der Waals surface area contributed by atoms with Crippen LogP contribution in [0.15, 0.2) is 18.2 Å². The molecule has 1 aromatic carbocycles. The van der Waals surface area contributed by atoms with E-state index in [9.17, 15) is 9.59 Å². The number of carbonyl (C=O) groups excluding carboxylic acids is 2. The van der Waals surface area contributed by atoms with Crippen LogP contribution in [0.2, 0.25) is 0 Å². The molecular weight excluding hydrogens is 296 g/mol. The SMILES string of the molecule is COc1ccc(OC)c(NC(=O)C(C)(C)C(=O)NC(C)(C)C)c1. The van der Waals surface area contributed by atoms with Crippen LogP contribution in [0, 0.1) is 5.41 Å². The number of methoxy groups -OCH3 is 2. The summed E-state index contributed by atoms with van der Waals surface area (Å²) in [5, 5.41) is 5.56. The highest BCUT2D eigenvalue weighted by Crippen LogP contribution is 2.30. The number of amides is 2. The Bertz CT molecular complexity index is 589. The lowest BCUT2D eigenvalue weighted by Gasteiger charge is -2.28. The van der Waals surface area contributed by atoms with Crippen LogP contribution in [0.3, 0.4) is 0 Å². The predicted molar refractivity (Wildman–Crippen MR) is 89.9 cm³/mol. The number of rotatable bonds is 5. The highest BCUT2D eigenvalue weighted by Gasteiger charge is 2.38. The molecule has 0 aliphatic rings. The average molecular weight is 322 g/mol. The first-order valence-electron chi connectivity index (χ1n) is 7.37. The van der Waals surface area contributed by atoms with Crippen LogP contribution in [0.4, 0.5) is 5.69 Å². The monoisotopic (exact) mass is 322 g/mol. The van der Waals surface area contributed by atoms with E-state index >= 15 is 0 Å². The second kappa shape index (κ2) is 6.89. The zero-order chi connectivity index (χ0) is 17.8. The van der Waals surface area contributed by atoms with Gasteiger partial charge in [0.25, 0.3) is 0 Å². The Kier molecular flexibility index (Phi) is 5.64. The van der Waals surface area contributed by atoms with Crippen LogP contribution in [-0.2, 0) is 9.59 Å². The lowest BCUT2D eigenvalue weighted by atomic mass is 9.89. The van der Waals surface area contributed by atoms with Crippen molar-refractivity contribution in [2.75, 3.05) is 19.5 Å². The summed E-state index contributed by atoms with van der Waals surface area (Å²) in [6, 6.07) is 5.07. The van der Waals surface area contributed by atoms with Crippen molar-refractivity contribution in [3.8, 4) is 11.5 Å².